The maximum absolute atomic E-state index is 11.9. The summed E-state index contributed by atoms with van der Waals surface area (Å²) in [5.74, 6) is -1.52. The van der Waals surface area contributed by atoms with Crippen LogP contribution in [0.15, 0.2) is 40.6 Å². The first kappa shape index (κ1) is 17.5. The van der Waals surface area contributed by atoms with Crippen molar-refractivity contribution >= 4 is 40.6 Å². The molecule has 1 unspecified atom stereocenters. The number of amides is 2. The number of aliphatic hydroxyl groups is 1. The summed E-state index contributed by atoms with van der Waals surface area (Å²) in [5, 5.41) is 16.9. The zero-order chi connectivity index (χ0) is 16.8. The van der Waals surface area contributed by atoms with Crippen LogP contribution in [0.5, 0.6) is 0 Å². The molecule has 0 aliphatic carbocycles. The van der Waals surface area contributed by atoms with Gasteiger partial charge >= 0.3 is 11.8 Å². The number of aryl methyl sites for hydroxylation is 1. The standard InChI is InChI=1S/C16H18N2O3S2/c1-10-6-7-23-14(10)13(19)9-17-15(20)16(21)18-11-4-3-5-12(8-11)22-2/h3-8,13,19H,9H2,1-2H3,(H,17,20)(H,18,21). The lowest BCUT2D eigenvalue weighted by Gasteiger charge is -2.11. The zero-order valence-electron chi connectivity index (χ0n) is 12.8. The van der Waals surface area contributed by atoms with Gasteiger partial charge in [-0.15, -0.1) is 23.1 Å². The van der Waals surface area contributed by atoms with Crippen LogP contribution in [0, 0.1) is 6.92 Å². The van der Waals surface area contributed by atoms with Gasteiger partial charge in [-0.2, -0.15) is 0 Å². The molecule has 7 heteroatoms. The molecule has 2 aromatic rings. The molecule has 2 amide bonds. The summed E-state index contributed by atoms with van der Waals surface area (Å²) in [5.41, 5.74) is 1.53. The van der Waals surface area contributed by atoms with Gasteiger partial charge in [-0.25, -0.2) is 0 Å². The van der Waals surface area contributed by atoms with Crippen LogP contribution >= 0.6 is 23.1 Å². The van der Waals surface area contributed by atoms with Crippen molar-refractivity contribution in [1.82, 2.24) is 5.32 Å². The first-order valence-corrected chi connectivity index (χ1v) is 9.07. The van der Waals surface area contributed by atoms with Gasteiger partial charge in [0.05, 0.1) is 0 Å². The van der Waals surface area contributed by atoms with Crippen molar-refractivity contribution in [1.29, 1.82) is 0 Å². The number of thiophene rings is 1. The third-order valence-corrected chi connectivity index (χ3v) is 5.04. The number of hydrogen-bond acceptors (Lipinski definition) is 5. The Hall–Kier alpha value is -1.83. The van der Waals surface area contributed by atoms with E-state index < -0.39 is 17.9 Å². The Balaban J connectivity index is 1.87. The van der Waals surface area contributed by atoms with Gasteiger partial charge in [0.15, 0.2) is 0 Å². The summed E-state index contributed by atoms with van der Waals surface area (Å²) in [7, 11) is 0. The molecule has 0 aliphatic rings. The molecular formula is C16H18N2O3S2. The smallest absolute Gasteiger partial charge is 0.313 e. The first-order valence-electron chi connectivity index (χ1n) is 6.96. The number of nitrogens with one attached hydrogen (secondary N) is 2. The summed E-state index contributed by atoms with van der Waals surface area (Å²) in [6, 6.07) is 9.13. The predicted molar refractivity (Wildman–Crippen MR) is 93.9 cm³/mol. The Labute approximate surface area is 143 Å². The van der Waals surface area contributed by atoms with Gasteiger partial charge in [-0.3, -0.25) is 9.59 Å². The van der Waals surface area contributed by atoms with Crippen LogP contribution in [0.25, 0.3) is 0 Å². The lowest BCUT2D eigenvalue weighted by Crippen LogP contribution is -2.37. The molecule has 0 bridgehead atoms. The van der Waals surface area contributed by atoms with Crippen molar-refractivity contribution < 1.29 is 14.7 Å². The molecule has 1 aromatic heterocycles. The molecule has 1 heterocycles. The topological polar surface area (TPSA) is 78.4 Å². The van der Waals surface area contributed by atoms with E-state index in [0.717, 1.165) is 15.3 Å². The minimum atomic E-state index is -0.813. The highest BCUT2D eigenvalue weighted by atomic mass is 32.2. The van der Waals surface area contributed by atoms with E-state index >= 15 is 0 Å². The second-order valence-corrected chi connectivity index (χ2v) is 6.71. The maximum Gasteiger partial charge on any atom is 0.313 e. The second-order valence-electron chi connectivity index (χ2n) is 4.88. The van der Waals surface area contributed by atoms with Gasteiger partial charge in [-0.05, 0) is 48.4 Å². The zero-order valence-corrected chi connectivity index (χ0v) is 14.5. The van der Waals surface area contributed by atoms with Crippen molar-refractivity contribution in [3.63, 3.8) is 0 Å². The summed E-state index contributed by atoms with van der Waals surface area (Å²) >= 11 is 2.97. The van der Waals surface area contributed by atoms with Crippen molar-refractivity contribution in [3.8, 4) is 0 Å². The van der Waals surface area contributed by atoms with Crippen LogP contribution in [0.1, 0.15) is 16.5 Å². The summed E-state index contributed by atoms with van der Waals surface area (Å²) < 4.78 is 0. The Morgan fingerprint density at radius 2 is 2.09 bits per heavy atom. The largest absolute Gasteiger partial charge is 0.386 e. The van der Waals surface area contributed by atoms with E-state index in [1.54, 1.807) is 23.9 Å². The van der Waals surface area contributed by atoms with Gasteiger partial charge in [0.25, 0.3) is 0 Å². The number of rotatable bonds is 5. The first-order chi connectivity index (χ1) is 11.0. The van der Waals surface area contributed by atoms with E-state index in [9.17, 15) is 14.7 Å². The van der Waals surface area contributed by atoms with E-state index in [1.165, 1.54) is 11.3 Å². The molecule has 2 rings (SSSR count). The molecule has 1 atom stereocenters. The quantitative estimate of drug-likeness (QED) is 0.572. The SMILES string of the molecule is CSc1cccc(NC(=O)C(=O)NCC(O)c2sccc2C)c1. The molecule has 23 heavy (non-hydrogen) atoms. The van der Waals surface area contributed by atoms with Crippen LogP contribution in [0.3, 0.4) is 0 Å². The lowest BCUT2D eigenvalue weighted by molar-refractivity contribution is -0.136. The number of thioether (sulfide) groups is 1. The van der Waals surface area contributed by atoms with Gasteiger partial charge in [0.1, 0.15) is 6.10 Å². The second kappa shape index (κ2) is 8.14. The van der Waals surface area contributed by atoms with Crippen molar-refractivity contribution in [2.75, 3.05) is 18.1 Å². The highest BCUT2D eigenvalue weighted by Gasteiger charge is 2.17. The number of carbonyl (C=O) groups is 2. The molecule has 122 valence electrons. The third kappa shape index (κ3) is 4.82. The molecule has 3 N–H and O–H groups in total. The third-order valence-electron chi connectivity index (χ3n) is 3.19. The van der Waals surface area contributed by atoms with Gasteiger partial charge in [0, 0.05) is 22.0 Å². The molecule has 0 radical (unpaired) electrons. The van der Waals surface area contributed by atoms with Gasteiger partial charge < -0.3 is 15.7 Å². The molecule has 0 fully saturated rings. The lowest BCUT2D eigenvalue weighted by atomic mass is 10.2. The number of carbonyl (C=O) groups excluding carboxylic acids is 2. The Kier molecular flexibility index (Phi) is 6.20. The molecule has 0 saturated carbocycles. The monoisotopic (exact) mass is 350 g/mol. The highest BCUT2D eigenvalue weighted by Crippen LogP contribution is 2.23. The van der Waals surface area contributed by atoms with Crippen LogP contribution in [-0.4, -0.2) is 29.7 Å². The van der Waals surface area contributed by atoms with Crippen LogP contribution in [0.2, 0.25) is 0 Å². The summed E-state index contributed by atoms with van der Waals surface area (Å²) in [6.45, 7) is 1.89. The number of benzene rings is 1. The average molecular weight is 350 g/mol. The molecule has 0 saturated heterocycles. The molecule has 1 aromatic carbocycles. The average Bonchev–Trinajstić information content (AvgIpc) is 2.98. The van der Waals surface area contributed by atoms with Crippen molar-refractivity contribution in [2.24, 2.45) is 0 Å². The van der Waals surface area contributed by atoms with Crippen molar-refractivity contribution in [2.45, 2.75) is 17.9 Å². The molecule has 0 aliphatic heterocycles. The summed E-state index contributed by atoms with van der Waals surface area (Å²) in [4.78, 5) is 25.5. The minimum Gasteiger partial charge on any atom is -0.386 e. The Bertz CT molecular complexity index is 700. The maximum atomic E-state index is 11.9. The van der Waals surface area contributed by atoms with Crippen LogP contribution in [0.4, 0.5) is 5.69 Å². The Morgan fingerprint density at radius 3 is 2.74 bits per heavy atom. The molecule has 0 spiro atoms. The fourth-order valence-electron chi connectivity index (χ4n) is 1.98. The van der Waals surface area contributed by atoms with E-state index in [2.05, 4.69) is 10.6 Å². The van der Waals surface area contributed by atoms with E-state index in [1.807, 2.05) is 36.8 Å². The normalized spacial score (nSPS) is 11.8. The number of aliphatic hydroxyl groups excluding tert-OH is 1. The Morgan fingerprint density at radius 1 is 1.30 bits per heavy atom. The number of hydrogen-bond donors (Lipinski definition) is 3. The van der Waals surface area contributed by atoms with Gasteiger partial charge in [0.2, 0.25) is 0 Å². The van der Waals surface area contributed by atoms with E-state index in [0.29, 0.717) is 5.69 Å². The van der Waals surface area contributed by atoms with Crippen LogP contribution < -0.4 is 10.6 Å². The molecular weight excluding hydrogens is 332 g/mol. The number of anilines is 1. The minimum absolute atomic E-state index is 0.00153. The predicted octanol–water partition coefficient (Wildman–Crippen LogP) is 2.57. The summed E-state index contributed by atoms with van der Waals surface area (Å²) in [6.07, 6.45) is 1.12. The fourth-order valence-corrected chi connectivity index (χ4v) is 3.35. The van der Waals surface area contributed by atoms with Gasteiger partial charge in [-0.1, -0.05) is 6.07 Å². The molecule has 5 nitrogen and oxygen atoms in total. The van der Waals surface area contributed by atoms with E-state index in [-0.39, 0.29) is 6.54 Å². The van der Waals surface area contributed by atoms with E-state index in [4.69, 9.17) is 0 Å². The highest BCUT2D eigenvalue weighted by molar-refractivity contribution is 7.98. The fraction of sp³-hybridized carbons (Fsp3) is 0.250. The van der Waals surface area contributed by atoms with Crippen molar-refractivity contribution in [3.05, 3.63) is 46.2 Å². The van der Waals surface area contributed by atoms with Crippen LogP contribution in [-0.2, 0) is 9.59 Å².